The Labute approximate surface area is 128 Å². The molecule has 1 aliphatic carbocycles. The van der Waals surface area contributed by atoms with E-state index in [-0.39, 0.29) is 5.41 Å². The van der Waals surface area contributed by atoms with Crippen molar-refractivity contribution in [3.05, 3.63) is 17.2 Å². The van der Waals surface area contributed by atoms with Gasteiger partial charge in [0.2, 0.25) is 0 Å². The third kappa shape index (κ3) is 2.42. The topological polar surface area (TPSA) is 39.1 Å². The first kappa shape index (κ1) is 15.0. The number of hydrogen-bond acceptors (Lipinski definition) is 3. The summed E-state index contributed by atoms with van der Waals surface area (Å²) in [6.45, 7) is 11.2. The molecule has 118 valence electrons. The minimum absolute atomic E-state index is 0.194. The van der Waals surface area contributed by atoms with E-state index in [0.29, 0.717) is 18.1 Å². The van der Waals surface area contributed by atoms with E-state index in [1.165, 1.54) is 17.2 Å². The fourth-order valence-electron chi connectivity index (χ4n) is 3.97. The maximum Gasteiger partial charge on any atom is 0.109 e. The van der Waals surface area contributed by atoms with Crippen LogP contribution >= 0.6 is 0 Å². The van der Waals surface area contributed by atoms with Gasteiger partial charge < -0.3 is 14.6 Å². The number of fused-ring (bicyclic) bond motifs is 1. The number of hydrogen-bond donors (Lipinski definition) is 1. The fourth-order valence-corrected chi connectivity index (χ4v) is 3.97. The molecule has 4 heteroatoms. The summed E-state index contributed by atoms with van der Waals surface area (Å²) in [5.74, 6) is 1.92. The molecular formula is C17H29N3O. The molecule has 0 spiro atoms. The van der Waals surface area contributed by atoms with Crippen LogP contribution in [-0.4, -0.2) is 29.3 Å². The first-order chi connectivity index (χ1) is 9.95. The van der Waals surface area contributed by atoms with Crippen LogP contribution in [0.2, 0.25) is 0 Å². The molecule has 0 amide bonds. The minimum Gasteiger partial charge on any atom is -0.381 e. The monoisotopic (exact) mass is 291 g/mol. The van der Waals surface area contributed by atoms with E-state index in [2.05, 4.69) is 37.6 Å². The van der Waals surface area contributed by atoms with E-state index in [0.717, 1.165) is 32.4 Å². The maximum absolute atomic E-state index is 5.65. The molecule has 2 unspecified atom stereocenters. The first-order valence-corrected chi connectivity index (χ1v) is 8.27. The van der Waals surface area contributed by atoms with Crippen molar-refractivity contribution in [1.82, 2.24) is 14.9 Å². The van der Waals surface area contributed by atoms with Crippen molar-refractivity contribution in [1.29, 1.82) is 0 Å². The Hall–Kier alpha value is -0.870. The van der Waals surface area contributed by atoms with Crippen LogP contribution in [0.5, 0.6) is 0 Å². The third-order valence-electron chi connectivity index (χ3n) is 5.31. The lowest BCUT2D eigenvalue weighted by Gasteiger charge is -2.52. The van der Waals surface area contributed by atoms with Crippen molar-refractivity contribution in [2.45, 2.75) is 65.6 Å². The van der Waals surface area contributed by atoms with Crippen molar-refractivity contribution in [2.24, 2.45) is 11.3 Å². The summed E-state index contributed by atoms with van der Waals surface area (Å²) >= 11 is 0. The molecule has 4 nitrogen and oxygen atoms in total. The zero-order valence-electron chi connectivity index (χ0n) is 14.1. The Morgan fingerprint density at radius 1 is 1.43 bits per heavy atom. The summed E-state index contributed by atoms with van der Waals surface area (Å²) in [4.78, 5) is 4.97. The van der Waals surface area contributed by atoms with Crippen LogP contribution in [-0.2, 0) is 24.1 Å². The Bertz CT molecular complexity index is 518. The summed E-state index contributed by atoms with van der Waals surface area (Å²) in [5, 5.41) is 3.45. The predicted octanol–water partition coefficient (Wildman–Crippen LogP) is 2.71. The molecule has 2 heterocycles. The van der Waals surface area contributed by atoms with Gasteiger partial charge in [0.1, 0.15) is 5.82 Å². The molecule has 1 fully saturated rings. The number of methoxy groups -OCH3 is 1. The molecule has 1 aromatic rings. The molecule has 0 saturated heterocycles. The Balaban J connectivity index is 1.98. The zero-order chi connectivity index (χ0) is 15.2. The Morgan fingerprint density at radius 2 is 2.19 bits per heavy atom. The van der Waals surface area contributed by atoms with Crippen LogP contribution in [0.25, 0.3) is 0 Å². The fraction of sp³-hybridized carbons (Fsp3) is 0.824. The van der Waals surface area contributed by atoms with Gasteiger partial charge in [-0.3, -0.25) is 0 Å². The molecule has 2 aliphatic rings. The smallest absolute Gasteiger partial charge is 0.109 e. The van der Waals surface area contributed by atoms with Crippen LogP contribution in [0.15, 0.2) is 0 Å². The highest BCUT2D eigenvalue weighted by Gasteiger charge is 2.51. The van der Waals surface area contributed by atoms with Gasteiger partial charge in [0.05, 0.1) is 11.8 Å². The van der Waals surface area contributed by atoms with Gasteiger partial charge in [0.15, 0.2) is 0 Å². The number of ether oxygens (including phenoxy) is 1. The number of nitrogens with zero attached hydrogens (tertiary/aromatic N) is 2. The second kappa shape index (κ2) is 5.40. The summed E-state index contributed by atoms with van der Waals surface area (Å²) < 4.78 is 8.22. The van der Waals surface area contributed by atoms with E-state index in [1.807, 2.05) is 7.11 Å². The van der Waals surface area contributed by atoms with E-state index in [1.54, 1.807) is 0 Å². The molecule has 1 saturated carbocycles. The lowest BCUT2D eigenvalue weighted by atomic mass is 9.64. The SMILES string of the molecule is COC1CC(n2c(CC(C)C)nc3c2CCNC3)C1(C)C. The summed E-state index contributed by atoms with van der Waals surface area (Å²) in [5.41, 5.74) is 2.94. The van der Waals surface area contributed by atoms with Crippen LogP contribution < -0.4 is 5.32 Å². The first-order valence-electron chi connectivity index (χ1n) is 8.27. The van der Waals surface area contributed by atoms with Crippen LogP contribution in [0.4, 0.5) is 0 Å². The molecule has 1 aromatic heterocycles. The van der Waals surface area contributed by atoms with Crippen molar-refractivity contribution in [3.63, 3.8) is 0 Å². The molecule has 1 N–H and O–H groups in total. The number of rotatable bonds is 4. The molecule has 2 atom stereocenters. The molecule has 0 radical (unpaired) electrons. The summed E-state index contributed by atoms with van der Waals surface area (Å²) in [6.07, 6.45) is 3.65. The molecular weight excluding hydrogens is 262 g/mol. The quantitative estimate of drug-likeness (QED) is 0.927. The van der Waals surface area contributed by atoms with Gasteiger partial charge in [0.25, 0.3) is 0 Å². The Kier molecular flexibility index (Phi) is 3.87. The average molecular weight is 291 g/mol. The highest BCUT2D eigenvalue weighted by atomic mass is 16.5. The highest BCUT2D eigenvalue weighted by molar-refractivity contribution is 5.24. The van der Waals surface area contributed by atoms with Gasteiger partial charge >= 0.3 is 0 Å². The average Bonchev–Trinajstić information content (AvgIpc) is 2.75. The minimum atomic E-state index is 0.194. The van der Waals surface area contributed by atoms with Crippen LogP contribution in [0.3, 0.4) is 0 Å². The van der Waals surface area contributed by atoms with Crippen LogP contribution in [0, 0.1) is 11.3 Å². The number of imidazole rings is 1. The van der Waals surface area contributed by atoms with Gasteiger partial charge in [-0.25, -0.2) is 4.98 Å². The van der Waals surface area contributed by atoms with Gasteiger partial charge in [-0.2, -0.15) is 0 Å². The normalized spacial score (nSPS) is 27.5. The third-order valence-corrected chi connectivity index (χ3v) is 5.31. The molecule has 3 rings (SSSR count). The Morgan fingerprint density at radius 3 is 2.81 bits per heavy atom. The molecule has 1 aliphatic heterocycles. The lowest BCUT2D eigenvalue weighted by molar-refractivity contribution is -0.114. The number of nitrogens with one attached hydrogen (secondary N) is 1. The van der Waals surface area contributed by atoms with Crippen molar-refractivity contribution >= 4 is 0 Å². The zero-order valence-corrected chi connectivity index (χ0v) is 14.1. The number of aromatic nitrogens is 2. The van der Waals surface area contributed by atoms with E-state index < -0.39 is 0 Å². The second-order valence-corrected chi connectivity index (χ2v) is 7.61. The van der Waals surface area contributed by atoms with Gasteiger partial charge in [0, 0.05) is 50.2 Å². The molecule has 0 aromatic carbocycles. The van der Waals surface area contributed by atoms with Gasteiger partial charge in [-0.15, -0.1) is 0 Å². The molecule has 0 bridgehead atoms. The van der Waals surface area contributed by atoms with E-state index >= 15 is 0 Å². The highest BCUT2D eigenvalue weighted by Crippen LogP contribution is 2.52. The predicted molar refractivity (Wildman–Crippen MR) is 84.4 cm³/mol. The van der Waals surface area contributed by atoms with Crippen molar-refractivity contribution < 1.29 is 4.74 Å². The van der Waals surface area contributed by atoms with Gasteiger partial charge in [-0.1, -0.05) is 27.7 Å². The molecule has 21 heavy (non-hydrogen) atoms. The standard InChI is InChI=1S/C17H29N3O/c1-11(2)8-16-19-12-10-18-7-6-13(12)20(16)14-9-15(21-5)17(14,3)4/h11,14-15,18H,6-10H2,1-5H3. The van der Waals surface area contributed by atoms with Crippen LogP contribution in [0.1, 0.15) is 57.4 Å². The van der Waals surface area contributed by atoms with E-state index in [4.69, 9.17) is 9.72 Å². The lowest BCUT2D eigenvalue weighted by Crippen LogP contribution is -2.52. The summed E-state index contributed by atoms with van der Waals surface area (Å²) in [6, 6.07) is 0.533. The maximum atomic E-state index is 5.65. The summed E-state index contributed by atoms with van der Waals surface area (Å²) in [7, 11) is 1.84. The second-order valence-electron chi connectivity index (χ2n) is 7.61. The largest absolute Gasteiger partial charge is 0.381 e. The van der Waals surface area contributed by atoms with Crippen molar-refractivity contribution in [3.8, 4) is 0 Å². The van der Waals surface area contributed by atoms with Gasteiger partial charge in [-0.05, 0) is 12.3 Å². The van der Waals surface area contributed by atoms with E-state index in [9.17, 15) is 0 Å². The van der Waals surface area contributed by atoms with Crippen molar-refractivity contribution in [2.75, 3.05) is 13.7 Å².